The van der Waals surface area contributed by atoms with E-state index >= 15 is 0 Å². The Morgan fingerprint density at radius 2 is 2.43 bits per heavy atom. The molecular formula is C14H15NO5S. The van der Waals surface area contributed by atoms with E-state index in [0.717, 1.165) is 0 Å². The molecule has 0 spiro atoms. The van der Waals surface area contributed by atoms with Gasteiger partial charge in [0.25, 0.3) is 5.91 Å². The molecule has 1 fully saturated rings. The van der Waals surface area contributed by atoms with E-state index in [0.29, 0.717) is 17.0 Å². The third-order valence-electron chi connectivity index (χ3n) is 2.98. The normalized spacial score (nSPS) is 17.8. The Morgan fingerprint density at radius 3 is 3.14 bits per heavy atom. The number of morpholine rings is 1. The van der Waals surface area contributed by atoms with Gasteiger partial charge < -0.3 is 19.5 Å². The van der Waals surface area contributed by atoms with Crippen LogP contribution in [-0.2, 0) is 14.3 Å². The molecule has 2 rings (SSSR count). The summed E-state index contributed by atoms with van der Waals surface area (Å²) < 4.78 is 9.93. The lowest BCUT2D eigenvalue weighted by molar-refractivity contribution is -0.158. The second-order valence-corrected chi connectivity index (χ2v) is 5.17. The monoisotopic (exact) mass is 309 g/mol. The van der Waals surface area contributed by atoms with Crippen molar-refractivity contribution in [2.45, 2.75) is 6.10 Å². The topological polar surface area (TPSA) is 76.1 Å². The van der Waals surface area contributed by atoms with Gasteiger partial charge >= 0.3 is 5.97 Å². The third-order valence-corrected chi connectivity index (χ3v) is 3.88. The number of nitrogens with zero attached hydrogens (tertiary/aromatic N) is 1. The lowest BCUT2D eigenvalue weighted by Gasteiger charge is -2.31. The molecule has 1 aliphatic rings. The first-order valence-electron chi connectivity index (χ1n) is 6.33. The Hall–Kier alpha value is -1.88. The highest BCUT2D eigenvalue weighted by molar-refractivity contribution is 7.12. The minimum Gasteiger partial charge on any atom is -0.467 e. The maximum atomic E-state index is 12.5. The van der Waals surface area contributed by atoms with Gasteiger partial charge in [0.1, 0.15) is 11.5 Å². The van der Waals surface area contributed by atoms with Gasteiger partial charge in [-0.15, -0.1) is 11.3 Å². The minimum absolute atomic E-state index is 0.163. The molecule has 7 heteroatoms. The summed E-state index contributed by atoms with van der Waals surface area (Å²) in [7, 11) is 1.29. The number of thiophene rings is 1. The molecule has 112 valence electrons. The average molecular weight is 309 g/mol. The zero-order valence-corrected chi connectivity index (χ0v) is 12.3. The van der Waals surface area contributed by atoms with Gasteiger partial charge in [-0.2, -0.15) is 0 Å². The lowest BCUT2D eigenvalue weighted by atomic mass is 10.2. The minimum atomic E-state index is -0.750. The highest BCUT2D eigenvalue weighted by Crippen LogP contribution is 2.20. The molecule has 6 nitrogen and oxygen atoms in total. The Balaban J connectivity index is 2.13. The molecule has 21 heavy (non-hydrogen) atoms. The van der Waals surface area contributed by atoms with Crippen molar-refractivity contribution in [2.24, 2.45) is 0 Å². The van der Waals surface area contributed by atoms with Crippen LogP contribution in [0.15, 0.2) is 11.4 Å². The van der Waals surface area contributed by atoms with Crippen molar-refractivity contribution in [3.05, 3.63) is 21.9 Å². The van der Waals surface area contributed by atoms with Crippen LogP contribution in [0, 0.1) is 11.8 Å². The molecule has 1 aliphatic heterocycles. The summed E-state index contributed by atoms with van der Waals surface area (Å²) in [5.41, 5.74) is 0.583. The fraction of sp³-hybridized carbons (Fsp3) is 0.429. The van der Waals surface area contributed by atoms with Gasteiger partial charge in [-0.3, -0.25) is 4.79 Å². The quantitative estimate of drug-likeness (QED) is 0.620. The predicted octanol–water partition coefficient (Wildman–Crippen LogP) is 0.106. The summed E-state index contributed by atoms with van der Waals surface area (Å²) in [6, 6.07) is 1.73. The summed E-state index contributed by atoms with van der Waals surface area (Å²) >= 11 is 1.28. The molecule has 1 aromatic heterocycles. The predicted molar refractivity (Wildman–Crippen MR) is 75.9 cm³/mol. The van der Waals surface area contributed by atoms with Gasteiger partial charge in [-0.05, 0) is 11.4 Å². The maximum Gasteiger partial charge on any atom is 0.336 e. The number of amides is 1. The van der Waals surface area contributed by atoms with Gasteiger partial charge in [0, 0.05) is 12.1 Å². The molecule has 1 atom stereocenters. The highest BCUT2D eigenvalue weighted by atomic mass is 32.1. The van der Waals surface area contributed by atoms with Crippen molar-refractivity contribution in [3.63, 3.8) is 0 Å². The SMILES string of the molecule is COC(=O)C1CN(C(=O)c2sccc2C#CCO)CCO1. The molecule has 1 aromatic rings. The summed E-state index contributed by atoms with van der Waals surface area (Å²) in [4.78, 5) is 26.1. The zero-order valence-electron chi connectivity index (χ0n) is 11.5. The number of hydrogen-bond donors (Lipinski definition) is 1. The van der Waals surface area contributed by atoms with Crippen molar-refractivity contribution in [1.29, 1.82) is 0 Å². The van der Waals surface area contributed by atoms with Crippen LogP contribution >= 0.6 is 11.3 Å². The summed E-state index contributed by atoms with van der Waals surface area (Å²) in [6.07, 6.45) is -0.750. The number of esters is 1. The maximum absolute atomic E-state index is 12.5. The van der Waals surface area contributed by atoms with Crippen LogP contribution in [-0.4, -0.2) is 61.4 Å². The van der Waals surface area contributed by atoms with E-state index in [2.05, 4.69) is 16.6 Å². The smallest absolute Gasteiger partial charge is 0.336 e. The van der Waals surface area contributed by atoms with Crippen LogP contribution < -0.4 is 0 Å². The van der Waals surface area contributed by atoms with E-state index in [-0.39, 0.29) is 25.7 Å². The molecule has 0 aliphatic carbocycles. The summed E-state index contributed by atoms with van der Waals surface area (Å²) in [5.74, 6) is 4.60. The number of carbonyl (C=O) groups excluding carboxylic acids is 2. The molecule has 1 saturated heterocycles. The molecule has 0 bridgehead atoms. The van der Waals surface area contributed by atoms with Crippen LogP contribution in [0.25, 0.3) is 0 Å². The van der Waals surface area contributed by atoms with Gasteiger partial charge in [-0.1, -0.05) is 11.8 Å². The molecule has 1 amide bonds. The molecule has 0 radical (unpaired) electrons. The molecule has 1 unspecified atom stereocenters. The molecule has 0 aromatic carbocycles. The average Bonchev–Trinajstić information content (AvgIpc) is 2.99. The van der Waals surface area contributed by atoms with Crippen molar-refractivity contribution in [2.75, 3.05) is 33.4 Å². The molecular weight excluding hydrogens is 294 g/mol. The van der Waals surface area contributed by atoms with Crippen molar-refractivity contribution in [1.82, 2.24) is 4.90 Å². The van der Waals surface area contributed by atoms with Crippen LogP contribution in [0.4, 0.5) is 0 Å². The second-order valence-electron chi connectivity index (χ2n) is 4.26. The zero-order chi connectivity index (χ0) is 15.2. The Bertz CT molecular complexity index is 586. The molecule has 2 heterocycles. The standard InChI is InChI=1S/C14H15NO5S/c1-19-14(18)11-9-15(5-7-20-11)13(17)12-10(3-2-6-16)4-8-21-12/h4,8,11,16H,5-7,9H2,1H3. The number of aliphatic hydroxyl groups is 1. The van der Waals surface area contributed by atoms with Crippen LogP contribution in [0.5, 0.6) is 0 Å². The Labute approximate surface area is 126 Å². The van der Waals surface area contributed by atoms with E-state index in [9.17, 15) is 9.59 Å². The number of rotatable bonds is 2. The van der Waals surface area contributed by atoms with E-state index in [1.807, 2.05) is 0 Å². The van der Waals surface area contributed by atoms with Crippen molar-refractivity contribution in [3.8, 4) is 11.8 Å². The number of aliphatic hydroxyl groups excluding tert-OH is 1. The van der Waals surface area contributed by atoms with Crippen molar-refractivity contribution < 1.29 is 24.2 Å². The van der Waals surface area contributed by atoms with Gasteiger partial charge in [0.15, 0.2) is 6.10 Å². The second kappa shape index (κ2) is 7.22. The summed E-state index contributed by atoms with van der Waals surface area (Å²) in [6.45, 7) is 0.605. The number of hydrogen-bond acceptors (Lipinski definition) is 6. The van der Waals surface area contributed by atoms with Gasteiger partial charge in [0.05, 0.1) is 20.3 Å². The van der Waals surface area contributed by atoms with E-state index in [4.69, 9.17) is 9.84 Å². The largest absolute Gasteiger partial charge is 0.467 e. The Kier molecular flexibility index (Phi) is 5.33. The number of ether oxygens (including phenoxy) is 2. The highest BCUT2D eigenvalue weighted by Gasteiger charge is 2.31. The Morgan fingerprint density at radius 1 is 1.62 bits per heavy atom. The first-order valence-corrected chi connectivity index (χ1v) is 7.21. The third kappa shape index (κ3) is 3.61. The van der Waals surface area contributed by atoms with Crippen molar-refractivity contribution >= 4 is 23.2 Å². The van der Waals surface area contributed by atoms with Crippen LogP contribution in [0.2, 0.25) is 0 Å². The van der Waals surface area contributed by atoms with Gasteiger partial charge in [0.2, 0.25) is 0 Å². The first kappa shape index (κ1) is 15.5. The van der Waals surface area contributed by atoms with Crippen LogP contribution in [0.3, 0.4) is 0 Å². The number of carbonyl (C=O) groups is 2. The number of methoxy groups -OCH3 is 1. The fourth-order valence-corrected chi connectivity index (χ4v) is 2.78. The fourth-order valence-electron chi connectivity index (χ4n) is 1.96. The van der Waals surface area contributed by atoms with Gasteiger partial charge in [-0.25, -0.2) is 4.79 Å². The summed E-state index contributed by atoms with van der Waals surface area (Å²) in [5, 5.41) is 10.5. The molecule has 0 saturated carbocycles. The van der Waals surface area contributed by atoms with E-state index in [1.54, 1.807) is 16.3 Å². The van der Waals surface area contributed by atoms with Crippen LogP contribution in [0.1, 0.15) is 15.2 Å². The van der Waals surface area contributed by atoms with E-state index < -0.39 is 12.1 Å². The molecule has 1 N–H and O–H groups in total. The van der Waals surface area contributed by atoms with E-state index in [1.165, 1.54) is 18.4 Å². The first-order chi connectivity index (χ1) is 10.2. The lowest BCUT2D eigenvalue weighted by Crippen LogP contribution is -2.48.